The Morgan fingerprint density at radius 2 is 2.06 bits per heavy atom. The van der Waals surface area contributed by atoms with Crippen molar-refractivity contribution in [2.45, 2.75) is 32.5 Å². The fraction of sp³-hybridized carbons (Fsp3) is 0.778. The average molecular weight is 238 g/mol. The molecule has 1 N–H and O–H groups in total. The zero-order chi connectivity index (χ0) is 12.8. The van der Waals surface area contributed by atoms with Gasteiger partial charge < -0.3 is 10.1 Å². The maximum atomic E-state index is 11.7. The van der Waals surface area contributed by atoms with Gasteiger partial charge in [0.15, 0.2) is 6.61 Å². The minimum Gasteiger partial charge on any atom is -0.440 e. The van der Waals surface area contributed by atoms with Gasteiger partial charge in [-0.2, -0.15) is 18.4 Å². The lowest BCUT2D eigenvalue weighted by Crippen LogP contribution is -2.36. The van der Waals surface area contributed by atoms with E-state index >= 15 is 0 Å². The number of hydrogen-bond acceptors (Lipinski definition) is 3. The average Bonchev–Trinajstić information content (AvgIpc) is 2.12. The van der Waals surface area contributed by atoms with Crippen molar-refractivity contribution in [3.8, 4) is 6.07 Å². The second-order valence-corrected chi connectivity index (χ2v) is 3.65. The van der Waals surface area contributed by atoms with Crippen molar-refractivity contribution in [3.05, 3.63) is 0 Å². The second-order valence-electron chi connectivity index (χ2n) is 3.65. The standard InChI is InChI=1S/C9H13F3N2O2/c1-6(2)3-7(4-13)14-8(15)16-5-9(10,11)12/h6-7H,3,5H2,1-2H3,(H,14,15). The van der Waals surface area contributed by atoms with Crippen LogP contribution in [0.2, 0.25) is 0 Å². The van der Waals surface area contributed by atoms with Gasteiger partial charge in [0.25, 0.3) is 0 Å². The summed E-state index contributed by atoms with van der Waals surface area (Å²) in [4.78, 5) is 10.9. The maximum Gasteiger partial charge on any atom is 0.422 e. The molecule has 92 valence electrons. The molecule has 0 aromatic carbocycles. The van der Waals surface area contributed by atoms with Crippen LogP contribution in [-0.2, 0) is 4.74 Å². The Hall–Kier alpha value is -1.45. The van der Waals surface area contributed by atoms with E-state index in [9.17, 15) is 18.0 Å². The maximum absolute atomic E-state index is 11.7. The van der Waals surface area contributed by atoms with Crippen LogP contribution >= 0.6 is 0 Å². The molecule has 0 aromatic rings. The summed E-state index contributed by atoms with van der Waals surface area (Å²) in [5.41, 5.74) is 0. The van der Waals surface area contributed by atoms with Crippen molar-refractivity contribution < 1.29 is 22.7 Å². The van der Waals surface area contributed by atoms with E-state index in [0.717, 1.165) is 0 Å². The number of carbonyl (C=O) groups is 1. The topological polar surface area (TPSA) is 62.1 Å². The van der Waals surface area contributed by atoms with Gasteiger partial charge in [-0.3, -0.25) is 0 Å². The molecule has 0 spiro atoms. The number of carbonyl (C=O) groups excluding carboxylic acids is 1. The molecule has 0 aliphatic heterocycles. The van der Waals surface area contributed by atoms with Crippen LogP contribution in [0.15, 0.2) is 0 Å². The van der Waals surface area contributed by atoms with E-state index in [4.69, 9.17) is 5.26 Å². The van der Waals surface area contributed by atoms with Crippen molar-refractivity contribution in [1.82, 2.24) is 5.32 Å². The monoisotopic (exact) mass is 238 g/mol. The highest BCUT2D eigenvalue weighted by Crippen LogP contribution is 2.14. The van der Waals surface area contributed by atoms with Crippen molar-refractivity contribution in [3.63, 3.8) is 0 Å². The number of ether oxygens (including phenoxy) is 1. The number of rotatable bonds is 4. The molecule has 0 radical (unpaired) electrons. The van der Waals surface area contributed by atoms with Crippen LogP contribution in [0.5, 0.6) is 0 Å². The van der Waals surface area contributed by atoms with E-state index in [-0.39, 0.29) is 5.92 Å². The van der Waals surface area contributed by atoms with Crippen LogP contribution < -0.4 is 5.32 Å². The van der Waals surface area contributed by atoms with Crippen LogP contribution in [0.1, 0.15) is 20.3 Å². The molecule has 0 aromatic heterocycles. The van der Waals surface area contributed by atoms with Crippen LogP contribution in [0.25, 0.3) is 0 Å². The zero-order valence-corrected chi connectivity index (χ0v) is 8.97. The number of alkyl halides is 3. The van der Waals surface area contributed by atoms with Crippen LogP contribution in [0, 0.1) is 17.2 Å². The first-order valence-electron chi connectivity index (χ1n) is 4.64. The summed E-state index contributed by atoms with van der Waals surface area (Å²) in [6.07, 6.45) is -5.43. The van der Waals surface area contributed by atoms with Crippen LogP contribution in [-0.4, -0.2) is 24.9 Å². The van der Waals surface area contributed by atoms with E-state index < -0.39 is 24.9 Å². The molecule has 7 heteroatoms. The highest BCUT2D eigenvalue weighted by atomic mass is 19.4. The Balaban J connectivity index is 3.99. The molecule has 0 bridgehead atoms. The van der Waals surface area contributed by atoms with Crippen molar-refractivity contribution in [2.24, 2.45) is 5.92 Å². The molecule has 0 saturated carbocycles. The summed E-state index contributed by atoms with van der Waals surface area (Å²) in [5, 5.41) is 10.7. The Morgan fingerprint density at radius 1 is 1.50 bits per heavy atom. The molecule has 0 saturated heterocycles. The highest BCUT2D eigenvalue weighted by molar-refractivity contribution is 5.68. The fourth-order valence-corrected chi connectivity index (χ4v) is 0.947. The largest absolute Gasteiger partial charge is 0.440 e. The zero-order valence-electron chi connectivity index (χ0n) is 8.97. The first kappa shape index (κ1) is 14.6. The first-order chi connectivity index (χ1) is 7.24. The molecule has 0 aliphatic carbocycles. The smallest absolute Gasteiger partial charge is 0.422 e. The normalized spacial score (nSPS) is 13.1. The van der Waals surface area contributed by atoms with E-state index in [0.29, 0.717) is 6.42 Å². The fourth-order valence-electron chi connectivity index (χ4n) is 0.947. The summed E-state index contributed by atoms with van der Waals surface area (Å²) in [7, 11) is 0. The van der Waals surface area contributed by atoms with Gasteiger partial charge in [-0.25, -0.2) is 4.79 Å². The molecule has 0 rings (SSSR count). The Kier molecular flexibility index (Phi) is 5.64. The predicted octanol–water partition coefficient (Wildman–Crippen LogP) is 2.21. The number of hydrogen-bond donors (Lipinski definition) is 1. The molecular formula is C9H13F3N2O2. The molecule has 0 aliphatic rings. The first-order valence-corrected chi connectivity index (χ1v) is 4.64. The lowest BCUT2D eigenvalue weighted by molar-refractivity contribution is -0.160. The summed E-state index contributed by atoms with van der Waals surface area (Å²) >= 11 is 0. The van der Waals surface area contributed by atoms with E-state index in [2.05, 4.69) is 4.74 Å². The van der Waals surface area contributed by atoms with Gasteiger partial charge in [-0.1, -0.05) is 13.8 Å². The highest BCUT2D eigenvalue weighted by Gasteiger charge is 2.30. The lowest BCUT2D eigenvalue weighted by atomic mass is 10.1. The van der Waals surface area contributed by atoms with Crippen molar-refractivity contribution in [2.75, 3.05) is 6.61 Å². The number of nitrogens with one attached hydrogen (secondary N) is 1. The van der Waals surface area contributed by atoms with Crippen molar-refractivity contribution in [1.29, 1.82) is 5.26 Å². The third-order valence-corrected chi connectivity index (χ3v) is 1.52. The van der Waals surface area contributed by atoms with Crippen LogP contribution in [0.4, 0.5) is 18.0 Å². The molecule has 0 heterocycles. The summed E-state index contributed by atoms with van der Waals surface area (Å²) in [6, 6.07) is 0.936. The van der Waals surface area contributed by atoms with Gasteiger partial charge in [-0.15, -0.1) is 0 Å². The molecule has 1 unspecified atom stereocenters. The summed E-state index contributed by atoms with van der Waals surface area (Å²) in [6.45, 7) is 2.00. The van der Waals surface area contributed by atoms with Crippen molar-refractivity contribution >= 4 is 6.09 Å². The van der Waals surface area contributed by atoms with E-state index in [1.807, 2.05) is 19.2 Å². The molecule has 4 nitrogen and oxygen atoms in total. The van der Waals surface area contributed by atoms with Gasteiger partial charge in [0.05, 0.1) is 6.07 Å². The minimum atomic E-state index is -4.56. The summed E-state index contributed by atoms with van der Waals surface area (Å²) < 4.78 is 38.9. The minimum absolute atomic E-state index is 0.146. The molecule has 1 amide bonds. The Morgan fingerprint density at radius 3 is 2.44 bits per heavy atom. The SMILES string of the molecule is CC(C)CC(C#N)NC(=O)OCC(F)(F)F. The molecule has 1 atom stereocenters. The third kappa shape index (κ3) is 7.91. The number of amides is 1. The Bertz CT molecular complexity index is 271. The van der Waals surface area contributed by atoms with Gasteiger partial charge in [0, 0.05) is 0 Å². The number of nitrogens with zero attached hydrogens (tertiary/aromatic N) is 1. The molecule has 0 fully saturated rings. The van der Waals surface area contributed by atoms with Crippen LogP contribution in [0.3, 0.4) is 0 Å². The third-order valence-electron chi connectivity index (χ3n) is 1.52. The lowest BCUT2D eigenvalue weighted by Gasteiger charge is -2.14. The van der Waals surface area contributed by atoms with E-state index in [1.54, 1.807) is 6.07 Å². The molecule has 16 heavy (non-hydrogen) atoms. The van der Waals surface area contributed by atoms with Gasteiger partial charge in [0.1, 0.15) is 6.04 Å². The molecular weight excluding hydrogens is 225 g/mol. The number of alkyl carbamates (subject to hydrolysis) is 1. The number of nitriles is 1. The van der Waals surface area contributed by atoms with Gasteiger partial charge in [-0.05, 0) is 12.3 Å². The quantitative estimate of drug-likeness (QED) is 0.816. The Labute approximate surface area is 91.4 Å². The van der Waals surface area contributed by atoms with Gasteiger partial charge >= 0.3 is 12.3 Å². The van der Waals surface area contributed by atoms with Gasteiger partial charge in [0.2, 0.25) is 0 Å². The number of halogens is 3. The predicted molar refractivity (Wildman–Crippen MR) is 49.4 cm³/mol. The van der Waals surface area contributed by atoms with E-state index in [1.165, 1.54) is 0 Å². The summed E-state index contributed by atoms with van der Waals surface area (Å²) in [5.74, 6) is 0.146. The second kappa shape index (κ2) is 6.20.